The van der Waals surface area contributed by atoms with Gasteiger partial charge in [0.1, 0.15) is 0 Å². The van der Waals surface area contributed by atoms with Gasteiger partial charge < -0.3 is 20.4 Å². The summed E-state index contributed by atoms with van der Waals surface area (Å²) >= 11 is 0. The molecule has 5 rings (SSSR count). The lowest BCUT2D eigenvalue weighted by Gasteiger charge is -2.36. The standard InChI is InChI=1S/C28H42N4O.2ClH/c1-18(30-27(33)26-25-24(17-29-26)28(25,2)3)23-11-10-22(16-20(23)9-8-19-6-7-19)32(5)21-12-14-31(4)15-13-21;;/h8-11,16,18-19,21,24-26,29H,6-7,12-15,17H2,1-5H3,(H,30,33);2*1H/b9-8+;;/t18-,24?,25?,26-;;/m0../s1. The molecule has 4 aliphatic rings. The third-order valence-corrected chi connectivity index (χ3v) is 9.05. The Hall–Kier alpha value is -1.27. The summed E-state index contributed by atoms with van der Waals surface area (Å²) in [5, 5.41) is 6.80. The van der Waals surface area contributed by atoms with Crippen LogP contribution in [0.5, 0.6) is 0 Å². The number of nitrogens with one attached hydrogen (secondary N) is 2. The van der Waals surface area contributed by atoms with Gasteiger partial charge in [0, 0.05) is 18.8 Å². The van der Waals surface area contributed by atoms with Gasteiger partial charge in [0.25, 0.3) is 0 Å². The molecule has 0 radical (unpaired) electrons. The molecule has 2 saturated heterocycles. The molecule has 4 atom stereocenters. The lowest BCUT2D eigenvalue weighted by molar-refractivity contribution is -0.124. The van der Waals surface area contributed by atoms with Crippen LogP contribution in [0.1, 0.15) is 63.6 Å². The maximum absolute atomic E-state index is 13.1. The first-order valence-electron chi connectivity index (χ1n) is 13.0. The number of piperidine rings is 2. The average molecular weight is 524 g/mol. The number of amides is 1. The van der Waals surface area contributed by atoms with Crippen molar-refractivity contribution in [2.45, 2.75) is 64.6 Å². The topological polar surface area (TPSA) is 47.6 Å². The molecule has 1 aromatic carbocycles. The molecule has 1 aromatic rings. The van der Waals surface area contributed by atoms with Crippen LogP contribution in [0.15, 0.2) is 24.3 Å². The van der Waals surface area contributed by atoms with Crippen LogP contribution in [-0.2, 0) is 4.79 Å². The summed E-state index contributed by atoms with van der Waals surface area (Å²) in [6, 6.07) is 7.36. The molecule has 7 heteroatoms. The molecular formula is C28H44Cl2N4O. The van der Waals surface area contributed by atoms with Gasteiger partial charge in [-0.1, -0.05) is 32.1 Å². The zero-order chi connectivity index (χ0) is 23.3. The van der Waals surface area contributed by atoms with Crippen LogP contribution < -0.4 is 15.5 Å². The van der Waals surface area contributed by atoms with Crippen molar-refractivity contribution in [1.82, 2.24) is 15.5 Å². The first kappa shape index (κ1) is 28.3. The van der Waals surface area contributed by atoms with E-state index in [-0.39, 0.29) is 42.8 Å². The third-order valence-electron chi connectivity index (χ3n) is 9.05. The Morgan fingerprint density at radius 2 is 1.89 bits per heavy atom. The van der Waals surface area contributed by atoms with E-state index >= 15 is 0 Å². The van der Waals surface area contributed by atoms with E-state index < -0.39 is 0 Å². The number of carbonyl (C=O) groups excluding carboxylic acids is 1. The van der Waals surface area contributed by atoms with Gasteiger partial charge in [-0.15, -0.1) is 24.8 Å². The second kappa shape index (κ2) is 11.0. The average Bonchev–Trinajstić information content (AvgIpc) is 3.65. The minimum Gasteiger partial charge on any atom is -0.371 e. The molecule has 2 unspecified atom stereocenters. The molecule has 2 saturated carbocycles. The fourth-order valence-corrected chi connectivity index (χ4v) is 6.30. The number of likely N-dealkylation sites (tertiary alicyclic amines) is 1. The molecule has 1 amide bonds. The van der Waals surface area contributed by atoms with Gasteiger partial charge in [-0.25, -0.2) is 0 Å². The number of hydrogen-bond acceptors (Lipinski definition) is 4. The van der Waals surface area contributed by atoms with Gasteiger partial charge in [0.05, 0.1) is 12.1 Å². The van der Waals surface area contributed by atoms with Gasteiger partial charge in [-0.05, 0) is 106 Å². The van der Waals surface area contributed by atoms with E-state index in [1.54, 1.807) is 0 Å². The highest BCUT2D eigenvalue weighted by atomic mass is 35.5. The smallest absolute Gasteiger partial charge is 0.237 e. The molecule has 0 aromatic heterocycles. The number of hydrogen-bond donors (Lipinski definition) is 2. The van der Waals surface area contributed by atoms with Gasteiger partial charge >= 0.3 is 0 Å². The molecule has 0 bridgehead atoms. The van der Waals surface area contributed by atoms with Crippen LogP contribution in [0.3, 0.4) is 0 Å². The van der Waals surface area contributed by atoms with Gasteiger partial charge in [-0.2, -0.15) is 0 Å². The van der Waals surface area contributed by atoms with Crippen molar-refractivity contribution >= 4 is 42.5 Å². The second-order valence-electron chi connectivity index (χ2n) is 11.7. The lowest BCUT2D eigenvalue weighted by Crippen LogP contribution is -2.45. The number of fused-ring (bicyclic) bond motifs is 1. The predicted octanol–water partition coefficient (Wildman–Crippen LogP) is 4.91. The van der Waals surface area contributed by atoms with E-state index in [0.29, 0.717) is 23.3 Å². The van der Waals surface area contributed by atoms with E-state index in [9.17, 15) is 4.79 Å². The number of nitrogens with zero attached hydrogens (tertiary/aromatic N) is 2. The van der Waals surface area contributed by atoms with Crippen LogP contribution in [0, 0.1) is 23.2 Å². The zero-order valence-electron chi connectivity index (χ0n) is 21.9. The number of anilines is 1. The van der Waals surface area contributed by atoms with Crippen molar-refractivity contribution in [2.75, 3.05) is 38.6 Å². The lowest BCUT2D eigenvalue weighted by atomic mass is 9.97. The fraction of sp³-hybridized carbons (Fsp3) is 0.679. The molecule has 2 heterocycles. The SMILES string of the molecule is C[C@H](NC(=O)[C@H]1NCC2C1C2(C)C)c1ccc(N(C)C2CCN(C)CC2)cc1/C=C/C1CC1.Cl.Cl. The molecule has 35 heavy (non-hydrogen) atoms. The van der Waals surface area contributed by atoms with Crippen LogP contribution >= 0.6 is 24.8 Å². The normalized spacial score (nSPS) is 28.5. The maximum atomic E-state index is 13.1. The van der Waals surface area contributed by atoms with Crippen LogP contribution in [-0.4, -0.2) is 56.6 Å². The van der Waals surface area contributed by atoms with Crippen LogP contribution in [0.2, 0.25) is 0 Å². The Bertz CT molecular complexity index is 924. The predicted molar refractivity (Wildman–Crippen MR) is 151 cm³/mol. The molecule has 2 aliphatic carbocycles. The monoisotopic (exact) mass is 522 g/mol. The third kappa shape index (κ3) is 5.84. The number of rotatable bonds is 7. The van der Waals surface area contributed by atoms with Crippen molar-refractivity contribution in [1.29, 1.82) is 0 Å². The Morgan fingerprint density at radius 1 is 1.20 bits per heavy atom. The van der Waals surface area contributed by atoms with Gasteiger partial charge in [0.15, 0.2) is 0 Å². The Morgan fingerprint density at radius 3 is 2.49 bits per heavy atom. The molecule has 4 fully saturated rings. The summed E-state index contributed by atoms with van der Waals surface area (Å²) < 4.78 is 0. The quantitative estimate of drug-likeness (QED) is 0.534. The Labute approximate surface area is 224 Å². The number of carbonyl (C=O) groups is 1. The summed E-state index contributed by atoms with van der Waals surface area (Å²) in [6.07, 6.45) is 9.69. The Kier molecular flexibility index (Phi) is 8.90. The highest BCUT2D eigenvalue weighted by Crippen LogP contribution is 2.62. The minimum absolute atomic E-state index is 0. The van der Waals surface area contributed by atoms with Gasteiger partial charge in [0.2, 0.25) is 5.91 Å². The summed E-state index contributed by atoms with van der Waals surface area (Å²) in [4.78, 5) is 18.0. The van der Waals surface area contributed by atoms with Crippen molar-refractivity contribution in [2.24, 2.45) is 23.2 Å². The molecular weight excluding hydrogens is 479 g/mol. The van der Waals surface area contributed by atoms with E-state index in [1.807, 2.05) is 0 Å². The molecule has 2 N–H and O–H groups in total. The fourth-order valence-electron chi connectivity index (χ4n) is 6.30. The number of allylic oxidation sites excluding steroid dienone is 1. The van der Waals surface area contributed by atoms with Crippen molar-refractivity contribution in [3.63, 3.8) is 0 Å². The van der Waals surface area contributed by atoms with E-state index in [1.165, 1.54) is 55.6 Å². The summed E-state index contributed by atoms with van der Waals surface area (Å²) in [7, 11) is 4.46. The molecule has 5 nitrogen and oxygen atoms in total. The first-order chi connectivity index (χ1) is 15.8. The van der Waals surface area contributed by atoms with Crippen LogP contribution in [0.25, 0.3) is 6.08 Å². The van der Waals surface area contributed by atoms with Crippen LogP contribution in [0.4, 0.5) is 5.69 Å². The molecule has 0 spiro atoms. The van der Waals surface area contributed by atoms with Crippen molar-refractivity contribution in [3.8, 4) is 0 Å². The van der Waals surface area contributed by atoms with Gasteiger partial charge in [-0.3, -0.25) is 4.79 Å². The maximum Gasteiger partial charge on any atom is 0.237 e. The summed E-state index contributed by atoms with van der Waals surface area (Å²) in [6.45, 7) is 10.0. The first-order valence-corrected chi connectivity index (χ1v) is 13.0. The Balaban J connectivity index is 0.00000171. The van der Waals surface area contributed by atoms with Crippen molar-refractivity contribution < 1.29 is 4.79 Å². The summed E-state index contributed by atoms with van der Waals surface area (Å²) in [5.41, 5.74) is 4.04. The summed E-state index contributed by atoms with van der Waals surface area (Å²) in [5.74, 6) is 2.01. The van der Waals surface area contributed by atoms with Crippen molar-refractivity contribution in [3.05, 3.63) is 35.4 Å². The largest absolute Gasteiger partial charge is 0.371 e. The number of benzene rings is 1. The zero-order valence-corrected chi connectivity index (χ0v) is 23.6. The van der Waals surface area contributed by atoms with E-state index in [4.69, 9.17) is 0 Å². The highest BCUT2D eigenvalue weighted by molar-refractivity contribution is 5.86. The highest BCUT2D eigenvalue weighted by Gasteiger charge is 2.65. The number of halogens is 2. The molecule has 2 aliphatic heterocycles. The van der Waals surface area contributed by atoms with E-state index in [0.717, 1.165) is 12.5 Å². The minimum atomic E-state index is -0.0484. The van der Waals surface area contributed by atoms with E-state index in [2.05, 4.69) is 85.7 Å². The second-order valence-corrected chi connectivity index (χ2v) is 11.7. The molecule has 196 valence electrons.